The molecule has 0 amide bonds. The van der Waals surface area contributed by atoms with Crippen molar-refractivity contribution in [3.8, 4) is 0 Å². The number of aromatic nitrogens is 1. The summed E-state index contributed by atoms with van der Waals surface area (Å²) < 4.78 is 0. The van der Waals surface area contributed by atoms with E-state index >= 15 is 0 Å². The van der Waals surface area contributed by atoms with Crippen LogP contribution in [0.25, 0.3) is 0 Å². The van der Waals surface area contributed by atoms with E-state index in [1.165, 1.54) is 55.3 Å². The molecular formula is C25H36N4S. The molecule has 5 heteroatoms. The standard InChI is InChI=1S/C25H36N4S/c1-3-28(4-2)24-15-13-21(14-16-24)19-29(20-22-10-9-17-26-18-22)25(30)27-23-11-7-5-6-8-12-23/h9-10,13-18,23H,3-8,11-12,19-20H2,1-2H3,(H,27,30). The van der Waals surface area contributed by atoms with Gasteiger partial charge in [0, 0.05) is 50.3 Å². The van der Waals surface area contributed by atoms with E-state index in [4.69, 9.17) is 12.2 Å². The van der Waals surface area contributed by atoms with E-state index in [-0.39, 0.29) is 0 Å². The van der Waals surface area contributed by atoms with Gasteiger partial charge in [-0.1, -0.05) is 43.9 Å². The third-order valence-corrected chi connectivity index (χ3v) is 6.38. The molecule has 1 aliphatic carbocycles. The van der Waals surface area contributed by atoms with Crippen molar-refractivity contribution in [1.29, 1.82) is 0 Å². The summed E-state index contributed by atoms with van der Waals surface area (Å²) in [4.78, 5) is 8.94. The van der Waals surface area contributed by atoms with E-state index in [2.05, 4.69) is 64.3 Å². The van der Waals surface area contributed by atoms with Crippen LogP contribution in [0.3, 0.4) is 0 Å². The summed E-state index contributed by atoms with van der Waals surface area (Å²) in [5, 5.41) is 4.54. The highest BCUT2D eigenvalue weighted by atomic mass is 32.1. The van der Waals surface area contributed by atoms with Gasteiger partial charge in [-0.25, -0.2) is 0 Å². The van der Waals surface area contributed by atoms with E-state index in [0.717, 1.165) is 31.3 Å². The maximum Gasteiger partial charge on any atom is 0.169 e. The lowest BCUT2D eigenvalue weighted by Crippen LogP contribution is -2.43. The molecule has 1 aromatic heterocycles. The van der Waals surface area contributed by atoms with Gasteiger partial charge in [-0.05, 0) is 68.2 Å². The lowest BCUT2D eigenvalue weighted by atomic mass is 10.1. The van der Waals surface area contributed by atoms with E-state index in [9.17, 15) is 0 Å². The summed E-state index contributed by atoms with van der Waals surface area (Å²) >= 11 is 5.89. The maximum absolute atomic E-state index is 5.89. The van der Waals surface area contributed by atoms with Crippen LogP contribution in [0.15, 0.2) is 48.8 Å². The Labute approximate surface area is 187 Å². The second kappa shape index (κ2) is 11.9. The Bertz CT molecular complexity index is 750. The molecule has 30 heavy (non-hydrogen) atoms. The van der Waals surface area contributed by atoms with Crippen LogP contribution in [0, 0.1) is 0 Å². The van der Waals surface area contributed by atoms with Gasteiger partial charge < -0.3 is 15.1 Å². The quantitative estimate of drug-likeness (QED) is 0.445. The molecule has 4 nitrogen and oxygen atoms in total. The second-order valence-electron chi connectivity index (χ2n) is 8.19. The number of anilines is 1. The molecule has 1 aliphatic rings. The van der Waals surface area contributed by atoms with E-state index in [1.54, 1.807) is 0 Å². The zero-order chi connectivity index (χ0) is 21.2. The number of thiocarbonyl (C=S) groups is 1. The Morgan fingerprint density at radius 3 is 2.23 bits per heavy atom. The SMILES string of the molecule is CCN(CC)c1ccc(CN(Cc2cccnc2)C(=S)NC2CCCCCC2)cc1. The molecule has 1 saturated carbocycles. The minimum absolute atomic E-state index is 0.501. The fourth-order valence-corrected chi connectivity index (χ4v) is 4.52. The topological polar surface area (TPSA) is 31.4 Å². The third-order valence-electron chi connectivity index (χ3n) is 6.00. The molecule has 0 atom stereocenters. The number of hydrogen-bond acceptors (Lipinski definition) is 3. The van der Waals surface area contributed by atoms with Crippen LogP contribution in [-0.4, -0.2) is 34.1 Å². The van der Waals surface area contributed by atoms with Crippen LogP contribution in [0.4, 0.5) is 5.69 Å². The van der Waals surface area contributed by atoms with Crippen molar-refractivity contribution in [2.45, 2.75) is 71.5 Å². The lowest BCUT2D eigenvalue weighted by Gasteiger charge is -2.29. The summed E-state index contributed by atoms with van der Waals surface area (Å²) in [6, 6.07) is 13.5. The minimum atomic E-state index is 0.501. The van der Waals surface area contributed by atoms with Gasteiger partial charge >= 0.3 is 0 Å². The number of benzene rings is 1. The van der Waals surface area contributed by atoms with E-state index in [1.807, 2.05) is 18.5 Å². The molecule has 0 aliphatic heterocycles. The van der Waals surface area contributed by atoms with Crippen molar-refractivity contribution in [2.24, 2.45) is 0 Å². The summed E-state index contributed by atoms with van der Waals surface area (Å²) in [5.41, 5.74) is 3.74. The first-order valence-electron chi connectivity index (χ1n) is 11.5. The van der Waals surface area contributed by atoms with Crippen molar-refractivity contribution in [2.75, 3.05) is 18.0 Å². The average Bonchev–Trinajstić information content (AvgIpc) is 3.04. The third kappa shape index (κ3) is 6.69. The van der Waals surface area contributed by atoms with Gasteiger partial charge in [0.2, 0.25) is 0 Å². The number of nitrogens with one attached hydrogen (secondary N) is 1. The first-order chi connectivity index (χ1) is 14.7. The Hall–Kier alpha value is -2.14. The van der Waals surface area contributed by atoms with Gasteiger partial charge in [0.1, 0.15) is 0 Å². The molecular weight excluding hydrogens is 388 g/mol. The van der Waals surface area contributed by atoms with Crippen LogP contribution in [-0.2, 0) is 13.1 Å². The Kier molecular flexibility index (Phi) is 8.94. The predicted molar refractivity (Wildman–Crippen MR) is 131 cm³/mol. The van der Waals surface area contributed by atoms with Crippen molar-refractivity contribution >= 4 is 23.0 Å². The molecule has 0 unspecified atom stereocenters. The van der Waals surface area contributed by atoms with Crippen molar-refractivity contribution < 1.29 is 0 Å². The number of rotatable bonds is 8. The summed E-state index contributed by atoms with van der Waals surface area (Å²) in [7, 11) is 0. The largest absolute Gasteiger partial charge is 0.372 e. The molecule has 1 fully saturated rings. The number of nitrogens with zero attached hydrogens (tertiary/aromatic N) is 3. The van der Waals surface area contributed by atoms with Crippen molar-refractivity contribution in [3.63, 3.8) is 0 Å². The molecule has 0 spiro atoms. The Morgan fingerprint density at radius 1 is 0.967 bits per heavy atom. The zero-order valence-electron chi connectivity index (χ0n) is 18.5. The fraction of sp³-hybridized carbons (Fsp3) is 0.520. The van der Waals surface area contributed by atoms with Gasteiger partial charge in [0.05, 0.1) is 0 Å². The molecule has 1 aromatic carbocycles. The average molecular weight is 425 g/mol. The van der Waals surface area contributed by atoms with Gasteiger partial charge in [-0.2, -0.15) is 0 Å². The second-order valence-corrected chi connectivity index (χ2v) is 8.58. The monoisotopic (exact) mass is 424 g/mol. The van der Waals surface area contributed by atoms with Crippen LogP contribution < -0.4 is 10.2 Å². The highest BCUT2D eigenvalue weighted by molar-refractivity contribution is 7.80. The normalized spacial score (nSPS) is 14.7. The van der Waals surface area contributed by atoms with Crippen LogP contribution in [0.2, 0.25) is 0 Å². The molecule has 162 valence electrons. The van der Waals surface area contributed by atoms with Gasteiger partial charge in [0.25, 0.3) is 0 Å². The summed E-state index contributed by atoms with van der Waals surface area (Å²) in [6.07, 6.45) is 11.5. The van der Waals surface area contributed by atoms with Crippen molar-refractivity contribution in [3.05, 3.63) is 59.9 Å². The van der Waals surface area contributed by atoms with Crippen molar-refractivity contribution in [1.82, 2.24) is 15.2 Å². The zero-order valence-corrected chi connectivity index (χ0v) is 19.3. The predicted octanol–water partition coefficient (Wildman–Crippen LogP) is 5.53. The number of pyridine rings is 1. The first-order valence-corrected chi connectivity index (χ1v) is 11.9. The maximum atomic E-state index is 5.89. The van der Waals surface area contributed by atoms with Crippen LogP contribution in [0.5, 0.6) is 0 Å². The molecule has 3 rings (SSSR count). The molecule has 0 radical (unpaired) electrons. The smallest absolute Gasteiger partial charge is 0.169 e. The first kappa shape index (κ1) is 22.5. The van der Waals surface area contributed by atoms with Gasteiger partial charge in [-0.3, -0.25) is 4.98 Å². The Balaban J connectivity index is 1.71. The van der Waals surface area contributed by atoms with E-state index in [0.29, 0.717) is 6.04 Å². The Morgan fingerprint density at radius 2 is 1.63 bits per heavy atom. The lowest BCUT2D eigenvalue weighted by molar-refractivity contribution is 0.384. The fourth-order valence-electron chi connectivity index (χ4n) is 4.22. The summed E-state index contributed by atoms with van der Waals surface area (Å²) in [5.74, 6) is 0. The number of hydrogen-bond donors (Lipinski definition) is 1. The molecule has 2 aromatic rings. The van der Waals surface area contributed by atoms with Crippen LogP contribution >= 0.6 is 12.2 Å². The molecule has 0 bridgehead atoms. The van der Waals surface area contributed by atoms with E-state index < -0.39 is 0 Å². The molecule has 0 saturated heterocycles. The minimum Gasteiger partial charge on any atom is -0.372 e. The molecule has 1 heterocycles. The molecule has 1 N–H and O–H groups in total. The van der Waals surface area contributed by atoms with Gasteiger partial charge in [-0.15, -0.1) is 0 Å². The highest BCUT2D eigenvalue weighted by Gasteiger charge is 2.17. The highest BCUT2D eigenvalue weighted by Crippen LogP contribution is 2.20. The van der Waals surface area contributed by atoms with Crippen LogP contribution in [0.1, 0.15) is 63.5 Å². The van der Waals surface area contributed by atoms with Gasteiger partial charge in [0.15, 0.2) is 5.11 Å². The summed E-state index contributed by atoms with van der Waals surface area (Å²) in [6.45, 7) is 8.02.